The number of nitrogens with one attached hydrogen (secondary N) is 1. The van der Waals surface area contributed by atoms with E-state index in [1.54, 1.807) is 7.11 Å². The van der Waals surface area contributed by atoms with Crippen molar-refractivity contribution in [1.82, 2.24) is 5.32 Å². The summed E-state index contributed by atoms with van der Waals surface area (Å²) in [5.41, 5.74) is 1.31. The summed E-state index contributed by atoms with van der Waals surface area (Å²) in [7, 11) is 1.80. The second-order valence-corrected chi connectivity index (χ2v) is 5.82. The van der Waals surface area contributed by atoms with Crippen LogP contribution in [0.1, 0.15) is 31.7 Å². The number of hydrogen-bond acceptors (Lipinski definition) is 4. The third-order valence-corrected chi connectivity index (χ3v) is 4.25. The second-order valence-electron chi connectivity index (χ2n) is 5.82. The number of methoxy groups -OCH3 is 1. The van der Waals surface area contributed by atoms with Gasteiger partial charge in [-0.1, -0.05) is 6.07 Å². The minimum absolute atomic E-state index is 0.346. The second kappa shape index (κ2) is 6.02. The molecular weight excluding hydrogens is 254 g/mol. The van der Waals surface area contributed by atoms with E-state index in [2.05, 4.69) is 24.4 Å². The van der Waals surface area contributed by atoms with E-state index in [1.807, 2.05) is 6.07 Å². The highest BCUT2D eigenvalue weighted by Gasteiger charge is 2.29. The highest BCUT2D eigenvalue weighted by molar-refractivity contribution is 5.44. The van der Waals surface area contributed by atoms with E-state index in [9.17, 15) is 0 Å². The Morgan fingerprint density at radius 2 is 2.10 bits per heavy atom. The molecule has 4 nitrogen and oxygen atoms in total. The monoisotopic (exact) mass is 277 g/mol. The molecule has 1 unspecified atom stereocenters. The van der Waals surface area contributed by atoms with Crippen molar-refractivity contribution in [2.45, 2.75) is 50.8 Å². The lowest BCUT2D eigenvalue weighted by atomic mass is 9.88. The average Bonchev–Trinajstić information content (AvgIpc) is 2.87. The standard InChI is InChI=1S/C16H23NO3/c1-11(17-13-8-14(9-13)18-2)3-4-12-5-6-15-16(7-12)20-10-19-15/h5-7,11,13-14,17H,3-4,8-10H2,1-2H3. The average molecular weight is 277 g/mol. The van der Waals surface area contributed by atoms with Crippen LogP contribution in [-0.4, -0.2) is 32.1 Å². The van der Waals surface area contributed by atoms with E-state index < -0.39 is 0 Å². The van der Waals surface area contributed by atoms with Gasteiger partial charge in [-0.15, -0.1) is 0 Å². The number of aryl methyl sites for hydroxylation is 1. The van der Waals surface area contributed by atoms with E-state index >= 15 is 0 Å². The Hall–Kier alpha value is -1.26. The Balaban J connectivity index is 1.42. The Bertz CT molecular complexity index is 457. The Morgan fingerprint density at radius 3 is 2.90 bits per heavy atom. The van der Waals surface area contributed by atoms with Crippen molar-refractivity contribution in [2.24, 2.45) is 0 Å². The molecule has 1 aromatic carbocycles. The minimum atomic E-state index is 0.346. The molecular formula is C16H23NO3. The van der Waals surface area contributed by atoms with Crippen molar-refractivity contribution in [3.05, 3.63) is 23.8 Å². The van der Waals surface area contributed by atoms with Gasteiger partial charge in [0, 0.05) is 19.2 Å². The first-order chi connectivity index (χ1) is 9.74. The van der Waals surface area contributed by atoms with E-state index in [0.717, 1.165) is 37.2 Å². The van der Waals surface area contributed by atoms with E-state index in [1.165, 1.54) is 5.56 Å². The zero-order valence-electron chi connectivity index (χ0n) is 12.2. The van der Waals surface area contributed by atoms with Crippen LogP contribution in [0.4, 0.5) is 0 Å². The zero-order chi connectivity index (χ0) is 13.9. The van der Waals surface area contributed by atoms with Crippen LogP contribution in [-0.2, 0) is 11.2 Å². The molecule has 0 radical (unpaired) electrons. The normalized spacial score (nSPS) is 25.3. The summed E-state index contributed by atoms with van der Waals surface area (Å²) >= 11 is 0. The number of hydrogen-bond donors (Lipinski definition) is 1. The summed E-state index contributed by atoms with van der Waals surface area (Å²) in [6.45, 7) is 2.60. The van der Waals surface area contributed by atoms with Gasteiger partial charge in [0.2, 0.25) is 6.79 Å². The molecule has 1 fully saturated rings. The van der Waals surface area contributed by atoms with Crippen LogP contribution >= 0.6 is 0 Å². The van der Waals surface area contributed by atoms with Gasteiger partial charge >= 0.3 is 0 Å². The van der Waals surface area contributed by atoms with Crippen LogP contribution in [0.2, 0.25) is 0 Å². The third kappa shape index (κ3) is 3.07. The van der Waals surface area contributed by atoms with Gasteiger partial charge in [-0.25, -0.2) is 0 Å². The first-order valence-corrected chi connectivity index (χ1v) is 7.42. The zero-order valence-corrected chi connectivity index (χ0v) is 12.2. The maximum Gasteiger partial charge on any atom is 0.231 e. The van der Waals surface area contributed by atoms with Crippen molar-refractivity contribution < 1.29 is 14.2 Å². The van der Waals surface area contributed by atoms with Gasteiger partial charge < -0.3 is 19.5 Å². The molecule has 0 amide bonds. The minimum Gasteiger partial charge on any atom is -0.454 e. The van der Waals surface area contributed by atoms with Gasteiger partial charge in [0.25, 0.3) is 0 Å². The van der Waals surface area contributed by atoms with Gasteiger partial charge in [-0.05, 0) is 50.3 Å². The number of benzene rings is 1. The molecule has 0 saturated heterocycles. The largest absolute Gasteiger partial charge is 0.454 e. The molecule has 2 aliphatic rings. The smallest absolute Gasteiger partial charge is 0.231 e. The third-order valence-electron chi connectivity index (χ3n) is 4.25. The van der Waals surface area contributed by atoms with Crippen molar-refractivity contribution >= 4 is 0 Å². The fourth-order valence-electron chi connectivity index (χ4n) is 2.86. The van der Waals surface area contributed by atoms with Crippen molar-refractivity contribution in [1.29, 1.82) is 0 Å². The SMILES string of the molecule is COC1CC(NC(C)CCc2ccc3c(c2)OCO3)C1. The highest BCUT2D eigenvalue weighted by Crippen LogP contribution is 2.32. The van der Waals surface area contributed by atoms with Crippen LogP contribution in [0.3, 0.4) is 0 Å². The molecule has 0 aromatic heterocycles. The predicted molar refractivity (Wildman–Crippen MR) is 77.3 cm³/mol. The quantitative estimate of drug-likeness (QED) is 0.867. The van der Waals surface area contributed by atoms with Gasteiger partial charge in [-0.3, -0.25) is 0 Å². The first-order valence-electron chi connectivity index (χ1n) is 7.42. The molecule has 1 saturated carbocycles. The summed E-state index contributed by atoms with van der Waals surface area (Å²) in [4.78, 5) is 0. The van der Waals surface area contributed by atoms with Gasteiger partial charge in [0.1, 0.15) is 0 Å². The molecule has 1 atom stereocenters. The summed E-state index contributed by atoms with van der Waals surface area (Å²) in [6.07, 6.45) is 4.95. The fourth-order valence-corrected chi connectivity index (χ4v) is 2.86. The van der Waals surface area contributed by atoms with Gasteiger partial charge in [0.15, 0.2) is 11.5 Å². The summed E-state index contributed by atoms with van der Waals surface area (Å²) in [6, 6.07) is 7.39. The Kier molecular flexibility index (Phi) is 4.13. The lowest BCUT2D eigenvalue weighted by molar-refractivity contribution is 0.0145. The molecule has 1 aromatic rings. The van der Waals surface area contributed by atoms with Crippen molar-refractivity contribution in [2.75, 3.05) is 13.9 Å². The van der Waals surface area contributed by atoms with Crippen LogP contribution < -0.4 is 14.8 Å². The molecule has 0 bridgehead atoms. The lowest BCUT2D eigenvalue weighted by Crippen LogP contribution is -2.48. The number of ether oxygens (including phenoxy) is 3. The predicted octanol–water partition coefficient (Wildman–Crippen LogP) is 2.50. The molecule has 4 heteroatoms. The molecule has 3 rings (SSSR count). The van der Waals surface area contributed by atoms with Crippen LogP contribution in [0.25, 0.3) is 0 Å². The maximum atomic E-state index is 5.41. The molecule has 1 N–H and O–H groups in total. The van der Waals surface area contributed by atoms with E-state index in [4.69, 9.17) is 14.2 Å². The molecule has 0 spiro atoms. The number of rotatable bonds is 6. The van der Waals surface area contributed by atoms with Gasteiger partial charge in [0.05, 0.1) is 6.10 Å². The highest BCUT2D eigenvalue weighted by atomic mass is 16.7. The van der Waals surface area contributed by atoms with E-state index in [0.29, 0.717) is 25.0 Å². The van der Waals surface area contributed by atoms with Crippen LogP contribution in [0, 0.1) is 0 Å². The van der Waals surface area contributed by atoms with Crippen LogP contribution in [0.15, 0.2) is 18.2 Å². The van der Waals surface area contributed by atoms with Crippen LogP contribution in [0.5, 0.6) is 11.5 Å². The number of fused-ring (bicyclic) bond motifs is 1. The van der Waals surface area contributed by atoms with Crippen molar-refractivity contribution in [3.8, 4) is 11.5 Å². The summed E-state index contributed by atoms with van der Waals surface area (Å²) in [5, 5.41) is 3.67. The van der Waals surface area contributed by atoms with Gasteiger partial charge in [-0.2, -0.15) is 0 Å². The van der Waals surface area contributed by atoms with Crippen molar-refractivity contribution in [3.63, 3.8) is 0 Å². The Morgan fingerprint density at radius 1 is 1.30 bits per heavy atom. The molecule has 1 heterocycles. The topological polar surface area (TPSA) is 39.7 Å². The molecule has 20 heavy (non-hydrogen) atoms. The molecule has 1 aliphatic carbocycles. The van der Waals surface area contributed by atoms with E-state index in [-0.39, 0.29) is 0 Å². The summed E-state index contributed by atoms with van der Waals surface area (Å²) in [5.74, 6) is 1.74. The molecule has 1 aliphatic heterocycles. The fraction of sp³-hybridized carbons (Fsp3) is 0.625. The Labute approximate surface area is 120 Å². The lowest BCUT2D eigenvalue weighted by Gasteiger charge is -2.36. The summed E-state index contributed by atoms with van der Waals surface area (Å²) < 4.78 is 16.0. The maximum absolute atomic E-state index is 5.41. The first kappa shape index (κ1) is 13.7. The molecule has 110 valence electrons.